The van der Waals surface area contributed by atoms with E-state index in [1.165, 1.54) is 18.4 Å². The van der Waals surface area contributed by atoms with Gasteiger partial charge in [0.2, 0.25) is 5.13 Å². The minimum atomic E-state index is -0.393. The number of methoxy groups -OCH3 is 3. The molecule has 0 aliphatic rings. The highest BCUT2D eigenvalue weighted by Crippen LogP contribution is 2.29. The second kappa shape index (κ2) is 8.30. The average Bonchev–Trinajstić information content (AvgIpc) is 3.03. The van der Waals surface area contributed by atoms with Crippen molar-refractivity contribution in [1.29, 1.82) is 0 Å². The maximum atomic E-state index is 11.7. The standard InChI is InChI=1S/C16H19N3O4S/c1-5-11-14(15(20)23-4)24-16(18-11)19-17-9-10-7-6-8-12(21-2)13(10)22-3/h6-9H,5H2,1-4H3,(H,18,19)/b17-9-. The van der Waals surface area contributed by atoms with E-state index in [4.69, 9.17) is 14.2 Å². The zero-order chi connectivity index (χ0) is 17.5. The van der Waals surface area contributed by atoms with Crippen LogP contribution >= 0.6 is 11.3 Å². The number of aryl methyl sites for hydroxylation is 1. The molecule has 0 fully saturated rings. The molecule has 0 spiro atoms. The van der Waals surface area contributed by atoms with Crippen LogP contribution in [0, 0.1) is 0 Å². The van der Waals surface area contributed by atoms with Crippen LogP contribution in [0.4, 0.5) is 5.13 Å². The van der Waals surface area contributed by atoms with Crippen molar-refractivity contribution < 1.29 is 19.0 Å². The summed E-state index contributed by atoms with van der Waals surface area (Å²) in [6.07, 6.45) is 2.24. The summed E-state index contributed by atoms with van der Waals surface area (Å²) in [5, 5.41) is 4.67. The summed E-state index contributed by atoms with van der Waals surface area (Å²) in [6, 6.07) is 5.50. The highest BCUT2D eigenvalue weighted by molar-refractivity contribution is 7.17. The maximum absolute atomic E-state index is 11.7. The van der Waals surface area contributed by atoms with Crippen LogP contribution < -0.4 is 14.9 Å². The number of benzene rings is 1. The van der Waals surface area contributed by atoms with Gasteiger partial charge in [0.1, 0.15) is 4.88 Å². The van der Waals surface area contributed by atoms with E-state index < -0.39 is 5.97 Å². The molecule has 0 bridgehead atoms. The smallest absolute Gasteiger partial charge is 0.350 e. The van der Waals surface area contributed by atoms with E-state index in [0.717, 1.165) is 5.56 Å². The molecular weight excluding hydrogens is 330 g/mol. The molecule has 0 saturated carbocycles. The van der Waals surface area contributed by atoms with Crippen LogP contribution in [0.5, 0.6) is 11.5 Å². The van der Waals surface area contributed by atoms with Crippen LogP contribution in [0.2, 0.25) is 0 Å². The SMILES string of the molecule is CCc1nc(N/N=C\c2cccc(OC)c2OC)sc1C(=O)OC. The number of para-hydroxylation sites is 1. The third-order valence-corrected chi connectivity index (χ3v) is 4.18. The van der Waals surface area contributed by atoms with Crippen LogP contribution in [0.3, 0.4) is 0 Å². The van der Waals surface area contributed by atoms with Crippen molar-refractivity contribution in [3.63, 3.8) is 0 Å². The first-order chi connectivity index (χ1) is 11.6. The Bertz CT molecular complexity index is 743. The number of ether oxygens (including phenoxy) is 3. The van der Waals surface area contributed by atoms with Gasteiger partial charge in [0.05, 0.1) is 33.2 Å². The van der Waals surface area contributed by atoms with E-state index in [0.29, 0.717) is 33.6 Å². The van der Waals surface area contributed by atoms with Crippen molar-refractivity contribution in [3.05, 3.63) is 34.3 Å². The summed E-state index contributed by atoms with van der Waals surface area (Å²) in [7, 11) is 4.49. The lowest BCUT2D eigenvalue weighted by Gasteiger charge is -2.09. The Hall–Kier alpha value is -2.61. The molecule has 2 aromatic rings. The summed E-state index contributed by atoms with van der Waals surface area (Å²) < 4.78 is 15.3. The molecule has 1 N–H and O–H groups in total. The Morgan fingerprint density at radius 2 is 2.12 bits per heavy atom. The topological polar surface area (TPSA) is 82.0 Å². The maximum Gasteiger partial charge on any atom is 0.350 e. The molecule has 0 aliphatic carbocycles. The lowest BCUT2D eigenvalue weighted by Crippen LogP contribution is -2.01. The molecule has 128 valence electrons. The number of esters is 1. The van der Waals surface area contributed by atoms with Crippen molar-refractivity contribution in [2.45, 2.75) is 13.3 Å². The third kappa shape index (κ3) is 3.83. The van der Waals surface area contributed by atoms with Gasteiger partial charge < -0.3 is 14.2 Å². The minimum absolute atomic E-state index is 0.393. The molecule has 0 atom stereocenters. The molecule has 2 rings (SSSR count). The fraction of sp³-hybridized carbons (Fsp3) is 0.312. The van der Waals surface area contributed by atoms with E-state index in [-0.39, 0.29) is 0 Å². The Morgan fingerprint density at radius 3 is 2.75 bits per heavy atom. The molecule has 0 unspecified atom stereocenters. The summed E-state index contributed by atoms with van der Waals surface area (Å²) in [4.78, 5) is 16.5. The number of thiazole rings is 1. The second-order valence-electron chi connectivity index (χ2n) is 4.59. The van der Waals surface area contributed by atoms with Crippen molar-refractivity contribution >= 4 is 28.7 Å². The molecule has 0 saturated heterocycles. The van der Waals surface area contributed by atoms with Crippen LogP contribution in [0.15, 0.2) is 23.3 Å². The number of carbonyl (C=O) groups excluding carboxylic acids is 1. The Balaban J connectivity index is 2.18. The first kappa shape index (κ1) is 17.7. The third-order valence-electron chi connectivity index (χ3n) is 3.20. The van der Waals surface area contributed by atoms with Crippen LogP contribution in [-0.4, -0.2) is 38.5 Å². The summed E-state index contributed by atoms with van der Waals surface area (Å²) >= 11 is 1.20. The van der Waals surface area contributed by atoms with Crippen molar-refractivity contribution in [3.8, 4) is 11.5 Å². The molecule has 0 aliphatic heterocycles. The number of rotatable bonds is 7. The van der Waals surface area contributed by atoms with E-state index >= 15 is 0 Å². The van der Waals surface area contributed by atoms with Gasteiger partial charge in [-0.15, -0.1) is 0 Å². The van der Waals surface area contributed by atoms with Crippen molar-refractivity contribution in [1.82, 2.24) is 4.98 Å². The fourth-order valence-electron chi connectivity index (χ4n) is 2.06. The van der Waals surface area contributed by atoms with Crippen LogP contribution in [0.1, 0.15) is 27.9 Å². The Kier molecular flexibility index (Phi) is 6.14. The lowest BCUT2D eigenvalue weighted by atomic mass is 10.2. The number of carbonyl (C=O) groups is 1. The molecule has 24 heavy (non-hydrogen) atoms. The van der Waals surface area contributed by atoms with Crippen LogP contribution in [0.25, 0.3) is 0 Å². The predicted octanol–water partition coefficient (Wildman–Crippen LogP) is 2.96. The number of hydrazone groups is 1. The van der Waals surface area contributed by atoms with E-state index in [2.05, 4.69) is 15.5 Å². The summed E-state index contributed by atoms with van der Waals surface area (Å²) in [5.41, 5.74) is 4.27. The lowest BCUT2D eigenvalue weighted by molar-refractivity contribution is 0.0605. The number of anilines is 1. The number of hydrogen-bond donors (Lipinski definition) is 1. The first-order valence-electron chi connectivity index (χ1n) is 7.22. The Morgan fingerprint density at radius 1 is 1.33 bits per heavy atom. The van der Waals surface area contributed by atoms with E-state index in [1.54, 1.807) is 26.5 Å². The largest absolute Gasteiger partial charge is 0.493 e. The quantitative estimate of drug-likeness (QED) is 0.470. The molecule has 0 amide bonds. The van der Waals surface area contributed by atoms with Gasteiger partial charge in [0.15, 0.2) is 11.5 Å². The van der Waals surface area contributed by atoms with Gasteiger partial charge in [-0.25, -0.2) is 9.78 Å². The second-order valence-corrected chi connectivity index (χ2v) is 5.59. The number of nitrogens with zero attached hydrogens (tertiary/aromatic N) is 2. The Labute approximate surface area is 144 Å². The molecule has 0 radical (unpaired) electrons. The molecule has 7 nitrogen and oxygen atoms in total. The number of hydrogen-bond acceptors (Lipinski definition) is 8. The average molecular weight is 349 g/mol. The highest BCUT2D eigenvalue weighted by atomic mass is 32.1. The number of nitrogens with one attached hydrogen (secondary N) is 1. The molecule has 8 heteroatoms. The molecule has 1 aromatic carbocycles. The van der Waals surface area contributed by atoms with E-state index in [9.17, 15) is 4.79 Å². The van der Waals surface area contributed by atoms with Gasteiger partial charge >= 0.3 is 5.97 Å². The predicted molar refractivity (Wildman–Crippen MR) is 93.6 cm³/mol. The minimum Gasteiger partial charge on any atom is -0.493 e. The monoisotopic (exact) mass is 349 g/mol. The summed E-state index contributed by atoms with van der Waals surface area (Å²) in [6.45, 7) is 1.93. The fourth-order valence-corrected chi connectivity index (χ4v) is 2.98. The van der Waals surface area contributed by atoms with Gasteiger partial charge in [-0.2, -0.15) is 5.10 Å². The first-order valence-corrected chi connectivity index (χ1v) is 8.04. The van der Waals surface area contributed by atoms with Crippen molar-refractivity contribution in [2.24, 2.45) is 5.10 Å². The normalized spacial score (nSPS) is 10.7. The van der Waals surface area contributed by atoms with Gasteiger partial charge in [0.25, 0.3) is 0 Å². The van der Waals surface area contributed by atoms with Crippen molar-refractivity contribution in [2.75, 3.05) is 26.8 Å². The van der Waals surface area contributed by atoms with Gasteiger partial charge in [-0.3, -0.25) is 5.43 Å². The zero-order valence-corrected chi connectivity index (χ0v) is 14.8. The van der Waals surface area contributed by atoms with Gasteiger partial charge in [-0.05, 0) is 18.6 Å². The van der Waals surface area contributed by atoms with E-state index in [1.807, 2.05) is 19.1 Å². The summed E-state index contributed by atoms with van der Waals surface area (Å²) in [5.74, 6) is 0.821. The zero-order valence-electron chi connectivity index (χ0n) is 14.0. The highest BCUT2D eigenvalue weighted by Gasteiger charge is 2.17. The van der Waals surface area contributed by atoms with Gasteiger partial charge in [0, 0.05) is 5.56 Å². The molecule has 1 heterocycles. The molecule has 1 aromatic heterocycles. The van der Waals surface area contributed by atoms with Crippen LogP contribution in [-0.2, 0) is 11.2 Å². The molecular formula is C16H19N3O4S. The van der Waals surface area contributed by atoms with Gasteiger partial charge in [-0.1, -0.05) is 24.3 Å². The number of aromatic nitrogens is 1.